The van der Waals surface area contributed by atoms with Crippen molar-refractivity contribution in [1.29, 1.82) is 0 Å². The summed E-state index contributed by atoms with van der Waals surface area (Å²) < 4.78 is 5.90. The summed E-state index contributed by atoms with van der Waals surface area (Å²) in [6.45, 7) is 2.82. The van der Waals surface area contributed by atoms with E-state index in [2.05, 4.69) is 53.8 Å². The van der Waals surface area contributed by atoms with Gasteiger partial charge >= 0.3 is 0 Å². The van der Waals surface area contributed by atoms with E-state index >= 15 is 0 Å². The van der Waals surface area contributed by atoms with Crippen molar-refractivity contribution in [2.45, 2.75) is 44.7 Å². The number of hydrogen-bond donors (Lipinski definition) is 2. The number of aliphatic hydroxyl groups is 1. The molecular weight excluding hydrogens is 286 g/mol. The molecule has 122 valence electrons. The molecule has 1 heterocycles. The second-order valence-electron chi connectivity index (χ2n) is 6.37. The third-order valence-electron chi connectivity index (χ3n) is 4.61. The number of nitrogens with one attached hydrogen (secondary N) is 1. The van der Waals surface area contributed by atoms with E-state index in [4.69, 9.17) is 4.74 Å². The molecule has 1 aliphatic heterocycles. The van der Waals surface area contributed by atoms with E-state index < -0.39 is 6.29 Å². The molecule has 3 heteroatoms. The molecule has 0 saturated carbocycles. The van der Waals surface area contributed by atoms with Crippen LogP contribution in [0.2, 0.25) is 0 Å². The third-order valence-corrected chi connectivity index (χ3v) is 4.61. The Morgan fingerprint density at radius 3 is 2.35 bits per heavy atom. The highest BCUT2D eigenvalue weighted by atomic mass is 16.6. The molecule has 0 spiro atoms. The normalized spacial score (nSPS) is 25.9. The van der Waals surface area contributed by atoms with Gasteiger partial charge in [0, 0.05) is 12.5 Å². The minimum atomic E-state index is -0.668. The minimum absolute atomic E-state index is 0.00712. The van der Waals surface area contributed by atoms with Gasteiger partial charge in [0.1, 0.15) is 0 Å². The van der Waals surface area contributed by atoms with Gasteiger partial charge in [0.2, 0.25) is 0 Å². The Morgan fingerprint density at radius 2 is 1.70 bits per heavy atom. The van der Waals surface area contributed by atoms with E-state index in [1.54, 1.807) is 0 Å². The molecule has 1 saturated heterocycles. The molecule has 3 nitrogen and oxygen atoms in total. The second kappa shape index (κ2) is 7.73. The lowest BCUT2D eigenvalue weighted by Gasteiger charge is -2.36. The quantitative estimate of drug-likeness (QED) is 0.885. The number of aliphatic hydroxyl groups excluding tert-OH is 1. The molecule has 0 aromatic heterocycles. The molecule has 4 atom stereocenters. The Kier molecular flexibility index (Phi) is 5.44. The smallest absolute Gasteiger partial charge is 0.157 e. The molecule has 0 bridgehead atoms. The van der Waals surface area contributed by atoms with Crippen LogP contribution in [0.1, 0.15) is 36.9 Å². The number of benzene rings is 2. The van der Waals surface area contributed by atoms with Crippen molar-refractivity contribution < 1.29 is 9.84 Å². The first kappa shape index (κ1) is 16.2. The fourth-order valence-electron chi connectivity index (χ4n) is 3.14. The zero-order valence-electron chi connectivity index (χ0n) is 13.6. The molecule has 3 rings (SSSR count). The fourth-order valence-corrected chi connectivity index (χ4v) is 3.14. The average Bonchev–Trinajstić information content (AvgIpc) is 2.60. The van der Waals surface area contributed by atoms with Gasteiger partial charge in [0.05, 0.1) is 12.1 Å². The van der Waals surface area contributed by atoms with E-state index in [-0.39, 0.29) is 18.1 Å². The van der Waals surface area contributed by atoms with Crippen molar-refractivity contribution >= 4 is 0 Å². The van der Waals surface area contributed by atoms with Gasteiger partial charge in [-0.3, -0.25) is 0 Å². The summed E-state index contributed by atoms with van der Waals surface area (Å²) in [6, 6.07) is 20.8. The first-order chi connectivity index (χ1) is 11.2. The van der Waals surface area contributed by atoms with Crippen LogP contribution in [-0.4, -0.2) is 17.5 Å². The van der Waals surface area contributed by atoms with Gasteiger partial charge in [-0.25, -0.2) is 0 Å². The summed E-state index contributed by atoms with van der Waals surface area (Å²) in [4.78, 5) is 0. The largest absolute Gasteiger partial charge is 0.368 e. The summed E-state index contributed by atoms with van der Waals surface area (Å²) in [7, 11) is 0. The standard InChI is InChI=1S/C20H25NO2/c1-15-12-13-18(23-20(15)22)19(17-10-6-3-7-11-17)21-14-16-8-4-2-5-9-16/h2-11,15,18-22H,12-14H2,1H3/t15?,18-,19+,20?/m0/s1. The summed E-state index contributed by atoms with van der Waals surface area (Å²) in [6.07, 6.45) is 1.27. The van der Waals surface area contributed by atoms with Crippen LogP contribution >= 0.6 is 0 Å². The van der Waals surface area contributed by atoms with Crippen molar-refractivity contribution in [3.05, 3.63) is 71.8 Å². The van der Waals surface area contributed by atoms with Crippen LogP contribution in [0.15, 0.2) is 60.7 Å². The first-order valence-electron chi connectivity index (χ1n) is 8.40. The molecule has 0 radical (unpaired) electrons. The Bertz CT molecular complexity index is 587. The van der Waals surface area contributed by atoms with Gasteiger partial charge in [-0.05, 0) is 24.0 Å². The van der Waals surface area contributed by atoms with Gasteiger partial charge in [-0.2, -0.15) is 0 Å². The predicted octanol–water partition coefficient (Wildman–Crippen LogP) is 3.65. The monoisotopic (exact) mass is 311 g/mol. The summed E-state index contributed by atoms with van der Waals surface area (Å²) in [5.41, 5.74) is 2.45. The first-order valence-corrected chi connectivity index (χ1v) is 8.40. The highest BCUT2D eigenvalue weighted by Gasteiger charge is 2.32. The van der Waals surface area contributed by atoms with Crippen LogP contribution in [0.4, 0.5) is 0 Å². The lowest BCUT2D eigenvalue weighted by molar-refractivity contribution is -0.197. The lowest BCUT2D eigenvalue weighted by Crippen LogP contribution is -2.41. The van der Waals surface area contributed by atoms with E-state index in [0.29, 0.717) is 0 Å². The molecule has 2 aromatic rings. The van der Waals surface area contributed by atoms with E-state index in [9.17, 15) is 5.11 Å². The molecule has 2 aromatic carbocycles. The SMILES string of the molecule is CC1CC[C@@H]([C@H](NCc2ccccc2)c2ccccc2)OC1O. The molecule has 0 amide bonds. The topological polar surface area (TPSA) is 41.5 Å². The summed E-state index contributed by atoms with van der Waals surface area (Å²) >= 11 is 0. The zero-order valence-corrected chi connectivity index (χ0v) is 13.6. The maximum absolute atomic E-state index is 10.1. The van der Waals surface area contributed by atoms with Gasteiger partial charge in [-0.1, -0.05) is 67.6 Å². The number of ether oxygens (including phenoxy) is 1. The Balaban J connectivity index is 1.74. The summed E-state index contributed by atoms with van der Waals surface area (Å²) in [5, 5.41) is 13.7. The van der Waals surface area contributed by atoms with Crippen molar-refractivity contribution in [3.8, 4) is 0 Å². The molecule has 1 aliphatic rings. The molecule has 1 fully saturated rings. The van der Waals surface area contributed by atoms with Crippen LogP contribution in [0.5, 0.6) is 0 Å². The second-order valence-corrected chi connectivity index (χ2v) is 6.37. The van der Waals surface area contributed by atoms with E-state index in [0.717, 1.165) is 19.4 Å². The van der Waals surface area contributed by atoms with E-state index in [1.807, 2.05) is 19.1 Å². The van der Waals surface area contributed by atoms with Gasteiger partial charge in [-0.15, -0.1) is 0 Å². The van der Waals surface area contributed by atoms with Crippen molar-refractivity contribution in [2.24, 2.45) is 5.92 Å². The maximum atomic E-state index is 10.1. The fraction of sp³-hybridized carbons (Fsp3) is 0.400. The molecule has 23 heavy (non-hydrogen) atoms. The maximum Gasteiger partial charge on any atom is 0.157 e. The number of hydrogen-bond acceptors (Lipinski definition) is 3. The van der Waals surface area contributed by atoms with Crippen molar-refractivity contribution in [1.82, 2.24) is 5.32 Å². The molecular formula is C20H25NO2. The van der Waals surface area contributed by atoms with Crippen LogP contribution in [-0.2, 0) is 11.3 Å². The highest BCUT2D eigenvalue weighted by Crippen LogP contribution is 2.31. The summed E-state index contributed by atoms with van der Waals surface area (Å²) in [5.74, 6) is 0.205. The van der Waals surface area contributed by atoms with Gasteiger partial charge in [0.25, 0.3) is 0 Å². The highest BCUT2D eigenvalue weighted by molar-refractivity contribution is 5.21. The van der Waals surface area contributed by atoms with Crippen LogP contribution in [0.25, 0.3) is 0 Å². The molecule has 2 N–H and O–H groups in total. The van der Waals surface area contributed by atoms with Gasteiger partial charge < -0.3 is 15.2 Å². The van der Waals surface area contributed by atoms with E-state index in [1.165, 1.54) is 11.1 Å². The van der Waals surface area contributed by atoms with Crippen molar-refractivity contribution in [3.63, 3.8) is 0 Å². The molecule has 0 aliphatic carbocycles. The average molecular weight is 311 g/mol. The van der Waals surface area contributed by atoms with Crippen molar-refractivity contribution in [2.75, 3.05) is 0 Å². The van der Waals surface area contributed by atoms with Gasteiger partial charge in [0.15, 0.2) is 6.29 Å². The zero-order chi connectivity index (χ0) is 16.1. The Morgan fingerprint density at radius 1 is 1.04 bits per heavy atom. The lowest BCUT2D eigenvalue weighted by atomic mass is 9.91. The Hall–Kier alpha value is -1.68. The van der Waals surface area contributed by atoms with Crippen LogP contribution < -0.4 is 5.32 Å². The minimum Gasteiger partial charge on any atom is -0.368 e. The van der Waals surface area contributed by atoms with Crippen LogP contribution in [0.3, 0.4) is 0 Å². The molecule has 2 unspecified atom stereocenters. The number of rotatable bonds is 5. The van der Waals surface area contributed by atoms with Crippen LogP contribution in [0, 0.1) is 5.92 Å². The Labute approximate surface area is 138 Å². The predicted molar refractivity (Wildman–Crippen MR) is 91.7 cm³/mol. The third kappa shape index (κ3) is 4.20.